The lowest BCUT2D eigenvalue weighted by molar-refractivity contribution is 0.245. The largest absolute Gasteiger partial charge is 0.299 e. The molecule has 2 aromatic rings. The van der Waals surface area contributed by atoms with Crippen molar-refractivity contribution >= 4 is 0 Å². The van der Waals surface area contributed by atoms with Gasteiger partial charge in [0.05, 0.1) is 12.1 Å². The smallest absolute Gasteiger partial charge is 0.273 e. The molecule has 24 heavy (non-hydrogen) atoms. The third-order valence-corrected chi connectivity index (χ3v) is 4.07. The fourth-order valence-corrected chi connectivity index (χ4v) is 3.14. The molecule has 0 aliphatic rings. The van der Waals surface area contributed by atoms with Gasteiger partial charge in [-0.2, -0.15) is 8.78 Å². The number of likely N-dealkylation sites (N-methyl/N-ethyl adjacent to an activating group) is 2. The second-order valence-electron chi connectivity index (χ2n) is 6.27. The van der Waals surface area contributed by atoms with E-state index in [2.05, 4.69) is 0 Å². The number of rotatable bonds is 6. The van der Waals surface area contributed by atoms with Gasteiger partial charge in [0.1, 0.15) is 0 Å². The van der Waals surface area contributed by atoms with Crippen molar-refractivity contribution in [2.75, 3.05) is 28.2 Å². The van der Waals surface area contributed by atoms with E-state index in [-0.39, 0.29) is 5.57 Å². The zero-order valence-electron chi connectivity index (χ0n) is 14.6. The summed E-state index contributed by atoms with van der Waals surface area (Å²) in [5, 5.41) is 0. The zero-order chi connectivity index (χ0) is 17.7. The maximum atomic E-state index is 14.1. The first-order valence-corrected chi connectivity index (χ1v) is 7.91. The van der Waals surface area contributed by atoms with Crippen molar-refractivity contribution in [2.45, 2.75) is 12.1 Å². The summed E-state index contributed by atoms with van der Waals surface area (Å²) in [6.07, 6.45) is -1.62. The molecule has 2 atom stereocenters. The molecule has 0 heterocycles. The van der Waals surface area contributed by atoms with Gasteiger partial charge >= 0.3 is 0 Å². The molecule has 0 saturated heterocycles. The van der Waals surface area contributed by atoms with Crippen molar-refractivity contribution in [2.24, 2.45) is 0 Å². The lowest BCUT2D eigenvalue weighted by Gasteiger charge is -2.35. The van der Waals surface area contributed by atoms with E-state index < -0.39 is 18.2 Å². The standard InChI is InChI=1S/C20H24F2N2/c1-23(2)18(15-11-7-5-8-12-15)17(20(21)22)19(24(3)4)16-13-9-6-10-14-16/h5-14,18-19H,1-4H3/t18-,19-/m1/s1. The van der Waals surface area contributed by atoms with E-state index in [0.29, 0.717) is 0 Å². The number of halogens is 2. The third kappa shape index (κ3) is 4.08. The Balaban J connectivity index is 2.60. The molecule has 0 unspecified atom stereocenters. The van der Waals surface area contributed by atoms with E-state index in [1.54, 1.807) is 0 Å². The predicted molar refractivity (Wildman–Crippen MR) is 95.0 cm³/mol. The summed E-state index contributed by atoms with van der Waals surface area (Å²) in [4.78, 5) is 3.67. The molecule has 0 aliphatic heterocycles. The van der Waals surface area contributed by atoms with Crippen LogP contribution in [-0.4, -0.2) is 38.0 Å². The van der Waals surface area contributed by atoms with Crippen molar-refractivity contribution in [3.05, 3.63) is 83.4 Å². The average molecular weight is 330 g/mol. The van der Waals surface area contributed by atoms with Crippen LogP contribution >= 0.6 is 0 Å². The summed E-state index contributed by atoms with van der Waals surface area (Å²) in [6.45, 7) is 0. The van der Waals surface area contributed by atoms with Crippen LogP contribution < -0.4 is 0 Å². The Morgan fingerprint density at radius 3 is 1.25 bits per heavy atom. The van der Waals surface area contributed by atoms with Gasteiger partial charge in [-0.05, 0) is 39.3 Å². The highest BCUT2D eigenvalue weighted by Crippen LogP contribution is 2.40. The Bertz CT molecular complexity index is 609. The van der Waals surface area contributed by atoms with Crippen molar-refractivity contribution < 1.29 is 8.78 Å². The minimum atomic E-state index is -1.62. The summed E-state index contributed by atoms with van der Waals surface area (Å²) >= 11 is 0. The van der Waals surface area contributed by atoms with Crippen LogP contribution in [0.5, 0.6) is 0 Å². The van der Waals surface area contributed by atoms with Crippen LogP contribution in [0.15, 0.2) is 72.3 Å². The van der Waals surface area contributed by atoms with Gasteiger partial charge in [-0.1, -0.05) is 60.7 Å². The number of nitrogens with zero attached hydrogens (tertiary/aromatic N) is 2. The maximum absolute atomic E-state index is 14.1. The molecule has 0 aliphatic carbocycles. The Labute approximate surface area is 143 Å². The summed E-state index contributed by atoms with van der Waals surface area (Å²) in [5.41, 5.74) is 1.82. The maximum Gasteiger partial charge on any atom is 0.273 e. The van der Waals surface area contributed by atoms with E-state index >= 15 is 0 Å². The molecule has 0 radical (unpaired) electrons. The normalized spacial score (nSPS) is 13.8. The van der Waals surface area contributed by atoms with Crippen LogP contribution in [-0.2, 0) is 0 Å². The molecule has 2 aromatic carbocycles. The number of benzene rings is 2. The molecule has 2 rings (SSSR count). The molecule has 4 heteroatoms. The SMILES string of the molecule is CN(C)[C@@H](C(=C(F)F)[C@@H](c1ccccc1)N(C)C)c1ccccc1. The van der Waals surface area contributed by atoms with Gasteiger partial charge in [0, 0.05) is 5.57 Å². The van der Waals surface area contributed by atoms with E-state index in [9.17, 15) is 8.78 Å². The van der Waals surface area contributed by atoms with Gasteiger partial charge in [-0.3, -0.25) is 9.80 Å². The van der Waals surface area contributed by atoms with E-state index in [0.717, 1.165) is 11.1 Å². The van der Waals surface area contributed by atoms with Crippen LogP contribution in [0, 0.1) is 0 Å². The second-order valence-corrected chi connectivity index (χ2v) is 6.27. The van der Waals surface area contributed by atoms with Gasteiger partial charge in [0.2, 0.25) is 0 Å². The Morgan fingerprint density at radius 2 is 1.00 bits per heavy atom. The van der Waals surface area contributed by atoms with Gasteiger partial charge in [0.15, 0.2) is 0 Å². The second kappa shape index (κ2) is 8.18. The molecule has 0 N–H and O–H groups in total. The average Bonchev–Trinajstić information content (AvgIpc) is 2.55. The Kier molecular flexibility index (Phi) is 6.23. The molecule has 0 spiro atoms. The van der Waals surface area contributed by atoms with E-state index in [4.69, 9.17) is 0 Å². The monoisotopic (exact) mass is 330 g/mol. The van der Waals surface area contributed by atoms with Crippen molar-refractivity contribution in [3.63, 3.8) is 0 Å². The number of hydrogen-bond donors (Lipinski definition) is 0. The minimum absolute atomic E-state index is 0.113. The van der Waals surface area contributed by atoms with Crippen molar-refractivity contribution in [1.29, 1.82) is 0 Å². The molecule has 128 valence electrons. The van der Waals surface area contributed by atoms with Gasteiger partial charge in [0.25, 0.3) is 6.08 Å². The fourth-order valence-electron chi connectivity index (χ4n) is 3.14. The first kappa shape index (κ1) is 18.3. The highest BCUT2D eigenvalue weighted by atomic mass is 19.3. The summed E-state index contributed by atoms with van der Waals surface area (Å²) in [5.74, 6) is 0. The van der Waals surface area contributed by atoms with Crippen LogP contribution in [0.3, 0.4) is 0 Å². The first-order valence-electron chi connectivity index (χ1n) is 7.91. The molecule has 2 nitrogen and oxygen atoms in total. The summed E-state index contributed by atoms with van der Waals surface area (Å²) in [7, 11) is 7.33. The van der Waals surface area contributed by atoms with E-state index in [1.165, 1.54) is 0 Å². The topological polar surface area (TPSA) is 6.48 Å². The van der Waals surface area contributed by atoms with Crippen LogP contribution in [0.1, 0.15) is 23.2 Å². The van der Waals surface area contributed by atoms with Crippen molar-refractivity contribution in [3.8, 4) is 0 Å². The quantitative estimate of drug-likeness (QED) is 0.754. The first-order chi connectivity index (χ1) is 11.4. The Hall–Kier alpha value is -2.04. The Morgan fingerprint density at radius 1 is 0.667 bits per heavy atom. The van der Waals surface area contributed by atoms with E-state index in [1.807, 2.05) is 98.7 Å². The molecule has 0 fully saturated rings. The summed E-state index contributed by atoms with van der Waals surface area (Å²) < 4.78 is 28.2. The molecular weight excluding hydrogens is 306 g/mol. The van der Waals surface area contributed by atoms with Crippen LogP contribution in [0.25, 0.3) is 0 Å². The van der Waals surface area contributed by atoms with Gasteiger partial charge in [-0.15, -0.1) is 0 Å². The number of hydrogen-bond acceptors (Lipinski definition) is 2. The van der Waals surface area contributed by atoms with Gasteiger partial charge in [-0.25, -0.2) is 0 Å². The molecular formula is C20H24F2N2. The summed E-state index contributed by atoms with van der Waals surface area (Å²) in [6, 6.07) is 17.9. The molecule has 0 saturated carbocycles. The lowest BCUT2D eigenvalue weighted by atomic mass is 9.88. The van der Waals surface area contributed by atoms with Crippen molar-refractivity contribution in [1.82, 2.24) is 9.80 Å². The highest BCUT2D eigenvalue weighted by Gasteiger charge is 2.32. The third-order valence-electron chi connectivity index (χ3n) is 4.07. The fraction of sp³-hybridized carbons (Fsp3) is 0.300. The molecule has 0 amide bonds. The minimum Gasteiger partial charge on any atom is -0.299 e. The van der Waals surface area contributed by atoms with Gasteiger partial charge < -0.3 is 0 Å². The van der Waals surface area contributed by atoms with Crippen LogP contribution in [0.2, 0.25) is 0 Å². The molecule has 0 aromatic heterocycles. The zero-order valence-corrected chi connectivity index (χ0v) is 14.6. The van der Waals surface area contributed by atoms with Crippen LogP contribution in [0.4, 0.5) is 8.78 Å². The lowest BCUT2D eigenvalue weighted by Crippen LogP contribution is -2.31. The predicted octanol–water partition coefficient (Wildman–Crippen LogP) is 4.74. The highest BCUT2D eigenvalue weighted by molar-refractivity contribution is 5.36. The molecule has 0 bridgehead atoms.